The van der Waals surface area contributed by atoms with Crippen molar-refractivity contribution in [3.8, 4) is 0 Å². The van der Waals surface area contributed by atoms with Gasteiger partial charge in [0, 0.05) is 18.4 Å². The van der Waals surface area contributed by atoms with Crippen molar-refractivity contribution in [2.75, 3.05) is 0 Å². The molecule has 1 aromatic carbocycles. The lowest BCUT2D eigenvalue weighted by Gasteiger charge is -2.04. The molecule has 1 aromatic heterocycles. The maximum atomic E-state index is 12.2. The van der Waals surface area contributed by atoms with E-state index in [0.717, 1.165) is 35.6 Å². The van der Waals surface area contributed by atoms with E-state index in [1.165, 1.54) is 0 Å². The number of nitrogens with zero attached hydrogens (tertiary/aromatic N) is 3. The second-order valence-corrected chi connectivity index (χ2v) is 4.60. The molecule has 0 aliphatic carbocycles. The van der Waals surface area contributed by atoms with Crippen LogP contribution in [0.4, 0.5) is 0 Å². The van der Waals surface area contributed by atoms with Gasteiger partial charge in [0.15, 0.2) is 11.6 Å². The molecule has 0 radical (unpaired) electrons. The van der Waals surface area contributed by atoms with Gasteiger partial charge in [0.25, 0.3) is 0 Å². The summed E-state index contributed by atoms with van der Waals surface area (Å²) < 4.78 is 1.72. The molecule has 0 saturated heterocycles. The van der Waals surface area contributed by atoms with E-state index in [2.05, 4.69) is 10.1 Å². The first-order valence-electron chi connectivity index (χ1n) is 6.66. The standard InChI is InChI=1S/C15H19N3O/c1-4-14-16-15(5-2)18(17-14)10-13(19)12-8-6-11(3)7-9-12/h6-9H,4-5,10H2,1-3H3. The molecule has 0 unspecified atom stereocenters. The van der Waals surface area contributed by atoms with E-state index in [4.69, 9.17) is 0 Å². The van der Waals surface area contributed by atoms with Crippen molar-refractivity contribution >= 4 is 5.78 Å². The molecule has 2 rings (SSSR count). The lowest BCUT2D eigenvalue weighted by atomic mass is 10.1. The fourth-order valence-electron chi connectivity index (χ4n) is 1.93. The average molecular weight is 257 g/mol. The summed E-state index contributed by atoms with van der Waals surface area (Å²) in [6, 6.07) is 7.63. The van der Waals surface area contributed by atoms with Crippen LogP contribution in [-0.2, 0) is 19.4 Å². The predicted molar refractivity (Wildman–Crippen MR) is 74.3 cm³/mol. The number of benzene rings is 1. The summed E-state index contributed by atoms with van der Waals surface area (Å²) in [5.41, 5.74) is 1.88. The Bertz CT molecular complexity index is 570. The van der Waals surface area contributed by atoms with Crippen LogP contribution in [-0.4, -0.2) is 20.5 Å². The summed E-state index contributed by atoms with van der Waals surface area (Å²) in [5.74, 6) is 1.74. The maximum absolute atomic E-state index is 12.2. The van der Waals surface area contributed by atoms with Crippen LogP contribution in [0, 0.1) is 6.92 Å². The Hall–Kier alpha value is -1.97. The van der Waals surface area contributed by atoms with Crippen LogP contribution < -0.4 is 0 Å². The van der Waals surface area contributed by atoms with Crippen LogP contribution in [0.25, 0.3) is 0 Å². The van der Waals surface area contributed by atoms with Crippen LogP contribution in [0.1, 0.15) is 41.4 Å². The fraction of sp³-hybridized carbons (Fsp3) is 0.400. The van der Waals surface area contributed by atoms with E-state index < -0.39 is 0 Å². The molecule has 4 heteroatoms. The molecule has 0 aliphatic rings. The van der Waals surface area contributed by atoms with Crippen molar-refractivity contribution in [2.45, 2.75) is 40.2 Å². The van der Waals surface area contributed by atoms with Gasteiger partial charge in [-0.3, -0.25) is 4.79 Å². The van der Waals surface area contributed by atoms with Gasteiger partial charge < -0.3 is 0 Å². The molecule has 0 amide bonds. The quantitative estimate of drug-likeness (QED) is 0.773. The molecular formula is C15H19N3O. The predicted octanol–water partition coefficient (Wildman–Crippen LogP) is 2.59. The number of rotatable bonds is 5. The second kappa shape index (κ2) is 5.78. The van der Waals surface area contributed by atoms with Gasteiger partial charge in [-0.05, 0) is 6.92 Å². The van der Waals surface area contributed by atoms with Crippen molar-refractivity contribution in [3.05, 3.63) is 47.0 Å². The number of ketones is 1. The zero-order valence-corrected chi connectivity index (χ0v) is 11.7. The van der Waals surface area contributed by atoms with Crippen LogP contribution in [0.5, 0.6) is 0 Å². The first kappa shape index (κ1) is 13.5. The highest BCUT2D eigenvalue weighted by Crippen LogP contribution is 2.07. The first-order chi connectivity index (χ1) is 9.13. The van der Waals surface area contributed by atoms with Crippen molar-refractivity contribution in [2.24, 2.45) is 0 Å². The SMILES string of the molecule is CCc1nc(CC)n(CC(=O)c2ccc(C)cc2)n1. The zero-order chi connectivity index (χ0) is 13.8. The monoisotopic (exact) mass is 257 g/mol. The molecule has 0 bridgehead atoms. The van der Waals surface area contributed by atoms with Gasteiger partial charge in [0.1, 0.15) is 12.4 Å². The third kappa shape index (κ3) is 3.08. The average Bonchev–Trinajstić information content (AvgIpc) is 2.81. The Morgan fingerprint density at radius 2 is 1.84 bits per heavy atom. The van der Waals surface area contributed by atoms with Gasteiger partial charge in [-0.25, -0.2) is 9.67 Å². The Morgan fingerprint density at radius 1 is 1.16 bits per heavy atom. The third-order valence-corrected chi connectivity index (χ3v) is 3.09. The van der Waals surface area contributed by atoms with Gasteiger partial charge in [-0.15, -0.1) is 0 Å². The summed E-state index contributed by atoms with van der Waals surface area (Å²) >= 11 is 0. The topological polar surface area (TPSA) is 47.8 Å². The van der Waals surface area contributed by atoms with E-state index in [0.29, 0.717) is 0 Å². The number of hydrogen-bond acceptors (Lipinski definition) is 3. The van der Waals surface area contributed by atoms with Crippen LogP contribution in [0.15, 0.2) is 24.3 Å². The molecule has 0 atom stereocenters. The Morgan fingerprint density at radius 3 is 2.42 bits per heavy atom. The summed E-state index contributed by atoms with van der Waals surface area (Å²) in [4.78, 5) is 16.6. The van der Waals surface area contributed by atoms with Crippen LogP contribution >= 0.6 is 0 Å². The third-order valence-electron chi connectivity index (χ3n) is 3.09. The van der Waals surface area contributed by atoms with Crippen molar-refractivity contribution in [1.82, 2.24) is 14.8 Å². The van der Waals surface area contributed by atoms with Gasteiger partial charge in [0.2, 0.25) is 0 Å². The molecule has 19 heavy (non-hydrogen) atoms. The minimum Gasteiger partial charge on any atom is -0.292 e. The van der Waals surface area contributed by atoms with E-state index in [9.17, 15) is 4.79 Å². The van der Waals surface area contributed by atoms with Crippen molar-refractivity contribution < 1.29 is 4.79 Å². The van der Waals surface area contributed by atoms with E-state index in [1.807, 2.05) is 45.0 Å². The first-order valence-corrected chi connectivity index (χ1v) is 6.66. The molecule has 2 aromatic rings. The molecule has 0 fully saturated rings. The fourth-order valence-corrected chi connectivity index (χ4v) is 1.93. The number of carbonyl (C=O) groups excluding carboxylic acids is 1. The number of carbonyl (C=O) groups is 1. The molecule has 0 N–H and O–H groups in total. The number of hydrogen-bond donors (Lipinski definition) is 0. The van der Waals surface area contributed by atoms with Crippen LogP contribution in [0.2, 0.25) is 0 Å². The molecule has 0 aliphatic heterocycles. The van der Waals surface area contributed by atoms with Crippen LogP contribution in [0.3, 0.4) is 0 Å². The smallest absolute Gasteiger partial charge is 0.184 e. The van der Waals surface area contributed by atoms with E-state index in [-0.39, 0.29) is 12.3 Å². The Labute approximate surface area is 113 Å². The minimum atomic E-state index is 0.0715. The molecular weight excluding hydrogens is 238 g/mol. The lowest BCUT2D eigenvalue weighted by molar-refractivity contribution is 0.0966. The van der Waals surface area contributed by atoms with Gasteiger partial charge in [-0.1, -0.05) is 43.7 Å². The minimum absolute atomic E-state index is 0.0715. The summed E-state index contributed by atoms with van der Waals surface area (Å²) in [7, 11) is 0. The van der Waals surface area contributed by atoms with Gasteiger partial charge in [-0.2, -0.15) is 5.10 Å². The van der Waals surface area contributed by atoms with Crippen molar-refractivity contribution in [3.63, 3.8) is 0 Å². The molecule has 4 nitrogen and oxygen atoms in total. The zero-order valence-electron chi connectivity index (χ0n) is 11.7. The second-order valence-electron chi connectivity index (χ2n) is 4.60. The normalized spacial score (nSPS) is 10.7. The number of aromatic nitrogens is 3. The summed E-state index contributed by atoms with van der Waals surface area (Å²) in [6.45, 7) is 6.31. The highest BCUT2D eigenvalue weighted by molar-refractivity contribution is 5.95. The van der Waals surface area contributed by atoms with Crippen molar-refractivity contribution in [1.29, 1.82) is 0 Å². The van der Waals surface area contributed by atoms with E-state index in [1.54, 1.807) is 4.68 Å². The largest absolute Gasteiger partial charge is 0.292 e. The number of aryl methyl sites for hydroxylation is 3. The Balaban J connectivity index is 2.18. The number of Topliss-reactive ketones (excluding diaryl/α,β-unsaturated/α-hetero) is 1. The van der Waals surface area contributed by atoms with Gasteiger partial charge >= 0.3 is 0 Å². The Kier molecular flexibility index (Phi) is 4.10. The summed E-state index contributed by atoms with van der Waals surface area (Å²) in [6.07, 6.45) is 1.58. The highest BCUT2D eigenvalue weighted by Gasteiger charge is 2.12. The summed E-state index contributed by atoms with van der Waals surface area (Å²) in [5, 5.41) is 4.37. The maximum Gasteiger partial charge on any atom is 0.184 e. The highest BCUT2D eigenvalue weighted by atomic mass is 16.1. The molecule has 0 saturated carbocycles. The molecule has 1 heterocycles. The molecule has 100 valence electrons. The van der Waals surface area contributed by atoms with Gasteiger partial charge in [0.05, 0.1) is 0 Å². The lowest BCUT2D eigenvalue weighted by Crippen LogP contribution is -2.14. The van der Waals surface area contributed by atoms with E-state index >= 15 is 0 Å². The molecule has 0 spiro atoms.